The standard InChI is InChI=1S/C17H26N4O3/c1-2-8-21(15-5-7-19-11-15)17(23)13-24-12-16(22)20-10-14-4-3-6-18-9-14/h3-4,6,9,15,19H,2,5,7-8,10-13H2,1H3,(H,20,22). The number of aromatic nitrogens is 1. The molecule has 0 aliphatic carbocycles. The molecule has 24 heavy (non-hydrogen) atoms. The Balaban J connectivity index is 1.67. The predicted octanol–water partition coefficient (Wildman–Crippen LogP) is 0.315. The van der Waals surface area contributed by atoms with Gasteiger partial charge in [0.05, 0.1) is 0 Å². The molecule has 0 aromatic carbocycles. The number of nitrogens with zero attached hydrogens (tertiary/aromatic N) is 2. The third-order valence-corrected chi connectivity index (χ3v) is 3.93. The zero-order valence-electron chi connectivity index (χ0n) is 14.2. The maximum absolute atomic E-state index is 12.3. The lowest BCUT2D eigenvalue weighted by molar-refractivity contribution is -0.140. The largest absolute Gasteiger partial charge is 0.362 e. The molecule has 0 spiro atoms. The lowest BCUT2D eigenvalue weighted by atomic mass is 10.2. The van der Waals surface area contributed by atoms with Crippen LogP contribution in [0.15, 0.2) is 24.5 Å². The van der Waals surface area contributed by atoms with Gasteiger partial charge >= 0.3 is 0 Å². The van der Waals surface area contributed by atoms with Gasteiger partial charge in [-0.15, -0.1) is 0 Å². The molecule has 0 bridgehead atoms. The molecule has 2 N–H and O–H groups in total. The van der Waals surface area contributed by atoms with E-state index in [1.807, 2.05) is 17.0 Å². The Labute approximate surface area is 142 Å². The first-order valence-corrected chi connectivity index (χ1v) is 8.44. The van der Waals surface area contributed by atoms with Gasteiger partial charge in [0.25, 0.3) is 0 Å². The van der Waals surface area contributed by atoms with E-state index in [4.69, 9.17) is 4.74 Å². The summed E-state index contributed by atoms with van der Waals surface area (Å²) in [5.74, 6) is -0.290. The average Bonchev–Trinajstić information content (AvgIpc) is 3.13. The van der Waals surface area contributed by atoms with Gasteiger partial charge in [-0.2, -0.15) is 0 Å². The van der Waals surface area contributed by atoms with Crippen molar-refractivity contribution >= 4 is 11.8 Å². The van der Waals surface area contributed by atoms with Crippen molar-refractivity contribution in [1.82, 2.24) is 20.5 Å². The Morgan fingerprint density at radius 1 is 1.46 bits per heavy atom. The van der Waals surface area contributed by atoms with E-state index < -0.39 is 0 Å². The van der Waals surface area contributed by atoms with Crippen LogP contribution >= 0.6 is 0 Å². The molecular formula is C17H26N4O3. The SMILES string of the molecule is CCCN(C(=O)COCC(=O)NCc1cccnc1)C1CCNC1. The summed E-state index contributed by atoms with van der Waals surface area (Å²) in [5.41, 5.74) is 0.921. The van der Waals surface area contributed by atoms with E-state index in [0.29, 0.717) is 6.54 Å². The van der Waals surface area contributed by atoms with Gasteiger partial charge in [-0.25, -0.2) is 0 Å². The Morgan fingerprint density at radius 3 is 3.00 bits per heavy atom. The molecule has 1 aromatic heterocycles. The quantitative estimate of drug-likeness (QED) is 0.679. The molecule has 1 aromatic rings. The van der Waals surface area contributed by atoms with Gasteiger partial charge in [-0.05, 0) is 31.0 Å². The van der Waals surface area contributed by atoms with Crippen molar-refractivity contribution < 1.29 is 14.3 Å². The van der Waals surface area contributed by atoms with Crippen LogP contribution in [0.5, 0.6) is 0 Å². The number of carbonyl (C=O) groups is 2. The van der Waals surface area contributed by atoms with E-state index in [0.717, 1.165) is 38.0 Å². The summed E-state index contributed by atoms with van der Waals surface area (Å²) in [6, 6.07) is 3.94. The molecule has 1 atom stereocenters. The molecule has 0 radical (unpaired) electrons. The minimum absolute atomic E-state index is 0.0504. The van der Waals surface area contributed by atoms with Crippen LogP contribution in [0.1, 0.15) is 25.3 Å². The predicted molar refractivity (Wildman–Crippen MR) is 90.2 cm³/mol. The molecule has 7 nitrogen and oxygen atoms in total. The van der Waals surface area contributed by atoms with Crippen molar-refractivity contribution in [2.45, 2.75) is 32.4 Å². The molecule has 1 unspecified atom stereocenters. The van der Waals surface area contributed by atoms with Gasteiger partial charge in [0.1, 0.15) is 13.2 Å². The molecule has 1 fully saturated rings. The normalized spacial score (nSPS) is 16.8. The fraction of sp³-hybridized carbons (Fsp3) is 0.588. The summed E-state index contributed by atoms with van der Waals surface area (Å²) in [4.78, 5) is 29.9. The van der Waals surface area contributed by atoms with Crippen LogP contribution in [0.4, 0.5) is 0 Å². The van der Waals surface area contributed by atoms with E-state index in [2.05, 4.69) is 22.5 Å². The first-order valence-electron chi connectivity index (χ1n) is 8.44. The first kappa shape index (κ1) is 18.4. The van der Waals surface area contributed by atoms with Crippen molar-refractivity contribution in [2.75, 3.05) is 32.8 Å². The first-order chi connectivity index (χ1) is 11.7. The van der Waals surface area contributed by atoms with Crippen LogP contribution in [0, 0.1) is 0 Å². The van der Waals surface area contributed by atoms with Crippen LogP contribution in [0.3, 0.4) is 0 Å². The minimum atomic E-state index is -0.240. The zero-order chi connectivity index (χ0) is 17.2. The molecule has 1 aliphatic heterocycles. The molecule has 1 aliphatic rings. The second kappa shape index (κ2) is 10.00. The second-order valence-electron chi connectivity index (χ2n) is 5.86. The van der Waals surface area contributed by atoms with E-state index in [-0.39, 0.29) is 31.1 Å². The van der Waals surface area contributed by atoms with Crippen molar-refractivity contribution in [3.05, 3.63) is 30.1 Å². The molecular weight excluding hydrogens is 308 g/mol. The summed E-state index contributed by atoms with van der Waals surface area (Å²) < 4.78 is 5.29. The van der Waals surface area contributed by atoms with Crippen LogP contribution in [0.2, 0.25) is 0 Å². The molecule has 0 saturated carbocycles. The number of hydrogen-bond donors (Lipinski definition) is 2. The number of hydrogen-bond acceptors (Lipinski definition) is 5. The lowest BCUT2D eigenvalue weighted by Crippen LogP contribution is -2.44. The zero-order valence-corrected chi connectivity index (χ0v) is 14.2. The van der Waals surface area contributed by atoms with Crippen LogP contribution in [-0.4, -0.2) is 60.6 Å². The highest BCUT2D eigenvalue weighted by molar-refractivity contribution is 5.79. The van der Waals surface area contributed by atoms with Gasteiger partial charge < -0.3 is 20.3 Å². The topological polar surface area (TPSA) is 83.6 Å². The Kier molecular flexibility index (Phi) is 7.64. The average molecular weight is 334 g/mol. The molecule has 132 valence electrons. The number of carbonyl (C=O) groups excluding carboxylic acids is 2. The summed E-state index contributed by atoms with van der Waals surface area (Å²) in [5, 5.41) is 6.01. The van der Waals surface area contributed by atoms with Gasteiger partial charge in [-0.3, -0.25) is 14.6 Å². The molecule has 1 saturated heterocycles. The van der Waals surface area contributed by atoms with Crippen molar-refractivity contribution in [2.24, 2.45) is 0 Å². The van der Waals surface area contributed by atoms with E-state index in [1.165, 1.54) is 0 Å². The number of nitrogens with one attached hydrogen (secondary N) is 2. The third-order valence-electron chi connectivity index (χ3n) is 3.93. The van der Waals surface area contributed by atoms with Crippen LogP contribution in [0.25, 0.3) is 0 Å². The van der Waals surface area contributed by atoms with Crippen LogP contribution in [-0.2, 0) is 20.9 Å². The van der Waals surface area contributed by atoms with E-state index in [9.17, 15) is 9.59 Å². The van der Waals surface area contributed by atoms with Crippen LogP contribution < -0.4 is 10.6 Å². The van der Waals surface area contributed by atoms with Gasteiger partial charge in [0.2, 0.25) is 11.8 Å². The molecule has 2 rings (SSSR count). The number of ether oxygens (including phenoxy) is 1. The second-order valence-corrected chi connectivity index (χ2v) is 5.86. The van der Waals surface area contributed by atoms with Gasteiger partial charge in [-0.1, -0.05) is 13.0 Å². The Bertz CT molecular complexity index is 518. The van der Waals surface area contributed by atoms with E-state index >= 15 is 0 Å². The highest BCUT2D eigenvalue weighted by Crippen LogP contribution is 2.09. The molecule has 2 heterocycles. The number of amides is 2. The fourth-order valence-electron chi connectivity index (χ4n) is 2.73. The van der Waals surface area contributed by atoms with Crippen molar-refractivity contribution in [3.8, 4) is 0 Å². The monoisotopic (exact) mass is 334 g/mol. The number of pyridine rings is 1. The molecule has 2 amide bonds. The maximum Gasteiger partial charge on any atom is 0.248 e. The van der Waals surface area contributed by atoms with Crippen molar-refractivity contribution in [1.29, 1.82) is 0 Å². The fourth-order valence-corrected chi connectivity index (χ4v) is 2.73. The maximum atomic E-state index is 12.3. The summed E-state index contributed by atoms with van der Waals surface area (Å²) in [7, 11) is 0. The summed E-state index contributed by atoms with van der Waals surface area (Å²) >= 11 is 0. The lowest BCUT2D eigenvalue weighted by Gasteiger charge is -2.28. The smallest absolute Gasteiger partial charge is 0.248 e. The Morgan fingerprint density at radius 2 is 2.33 bits per heavy atom. The highest BCUT2D eigenvalue weighted by atomic mass is 16.5. The summed E-state index contributed by atoms with van der Waals surface area (Å²) in [6.45, 7) is 4.77. The third kappa shape index (κ3) is 5.90. The highest BCUT2D eigenvalue weighted by Gasteiger charge is 2.25. The van der Waals surface area contributed by atoms with E-state index in [1.54, 1.807) is 12.4 Å². The minimum Gasteiger partial charge on any atom is -0.362 e. The Hall–Kier alpha value is -1.99. The molecule has 7 heteroatoms. The van der Waals surface area contributed by atoms with Gasteiger partial charge in [0.15, 0.2) is 0 Å². The summed E-state index contributed by atoms with van der Waals surface area (Å²) in [6.07, 6.45) is 5.26. The van der Waals surface area contributed by atoms with Crippen molar-refractivity contribution in [3.63, 3.8) is 0 Å². The van der Waals surface area contributed by atoms with Gasteiger partial charge in [0, 0.05) is 38.1 Å². The number of rotatable bonds is 9.